The van der Waals surface area contributed by atoms with E-state index in [9.17, 15) is 0 Å². The van der Waals surface area contributed by atoms with E-state index in [2.05, 4.69) is 35.9 Å². The predicted octanol–water partition coefficient (Wildman–Crippen LogP) is 2.53. The highest BCUT2D eigenvalue weighted by atomic mass is 16.5. The van der Waals surface area contributed by atoms with E-state index < -0.39 is 0 Å². The Kier molecular flexibility index (Phi) is 3.72. The number of piperidine rings is 1. The Morgan fingerprint density at radius 2 is 2.29 bits per heavy atom. The number of aromatic nitrogens is 2. The normalized spacial score (nSPS) is 25.2. The first-order valence-corrected chi connectivity index (χ1v) is 6.50. The van der Waals surface area contributed by atoms with Gasteiger partial charge in [0.2, 0.25) is 0 Å². The molecule has 4 nitrogen and oxygen atoms in total. The van der Waals surface area contributed by atoms with Crippen molar-refractivity contribution < 1.29 is 4.74 Å². The van der Waals surface area contributed by atoms with Crippen LogP contribution in [0.4, 0.5) is 0 Å². The molecule has 1 saturated heterocycles. The molecule has 1 aliphatic rings. The summed E-state index contributed by atoms with van der Waals surface area (Å²) >= 11 is 0. The molecule has 0 radical (unpaired) electrons. The van der Waals surface area contributed by atoms with Crippen LogP contribution in [0.25, 0.3) is 0 Å². The fraction of sp³-hybridized carbons (Fsp3) is 0.769. The molecule has 1 aliphatic heterocycles. The minimum Gasteiger partial charge on any atom is -0.493 e. The van der Waals surface area contributed by atoms with Gasteiger partial charge >= 0.3 is 0 Å². The van der Waals surface area contributed by atoms with Crippen LogP contribution in [0, 0.1) is 5.92 Å². The third-order valence-electron chi connectivity index (χ3n) is 3.57. The van der Waals surface area contributed by atoms with Gasteiger partial charge in [-0.25, -0.2) is 0 Å². The number of ether oxygens (including phenoxy) is 1. The molecule has 2 rings (SSSR count). The Labute approximate surface area is 103 Å². The van der Waals surface area contributed by atoms with Crippen molar-refractivity contribution in [2.75, 3.05) is 13.7 Å². The lowest BCUT2D eigenvalue weighted by molar-refractivity contribution is 0.277. The second-order valence-electron chi connectivity index (χ2n) is 5.19. The average molecular weight is 237 g/mol. The van der Waals surface area contributed by atoms with Gasteiger partial charge < -0.3 is 10.1 Å². The lowest BCUT2D eigenvalue weighted by atomic mass is 9.90. The van der Waals surface area contributed by atoms with Gasteiger partial charge in [0.05, 0.1) is 25.0 Å². The molecule has 0 spiro atoms. The quantitative estimate of drug-likeness (QED) is 0.878. The topological polar surface area (TPSA) is 39.1 Å². The van der Waals surface area contributed by atoms with Crippen molar-refractivity contribution in [3.63, 3.8) is 0 Å². The maximum atomic E-state index is 5.45. The zero-order valence-corrected chi connectivity index (χ0v) is 11.2. The molecule has 0 aromatic carbocycles. The maximum absolute atomic E-state index is 5.45. The van der Waals surface area contributed by atoms with Crippen molar-refractivity contribution in [2.45, 2.75) is 45.7 Å². The van der Waals surface area contributed by atoms with E-state index in [-0.39, 0.29) is 0 Å². The zero-order valence-electron chi connectivity index (χ0n) is 11.2. The van der Waals surface area contributed by atoms with Crippen molar-refractivity contribution in [2.24, 2.45) is 5.92 Å². The van der Waals surface area contributed by atoms with Crippen LogP contribution in [0.15, 0.2) is 6.20 Å². The van der Waals surface area contributed by atoms with Gasteiger partial charge in [-0.2, -0.15) is 5.10 Å². The third kappa shape index (κ3) is 2.32. The summed E-state index contributed by atoms with van der Waals surface area (Å²) < 4.78 is 7.54. The van der Waals surface area contributed by atoms with E-state index in [0.717, 1.165) is 12.3 Å². The molecule has 0 aliphatic carbocycles. The second kappa shape index (κ2) is 5.08. The van der Waals surface area contributed by atoms with Gasteiger partial charge in [0.1, 0.15) is 0 Å². The van der Waals surface area contributed by atoms with Crippen LogP contribution in [-0.2, 0) is 0 Å². The van der Waals surface area contributed by atoms with Gasteiger partial charge in [-0.3, -0.25) is 4.68 Å². The van der Waals surface area contributed by atoms with Crippen LogP contribution in [-0.4, -0.2) is 23.4 Å². The highest BCUT2D eigenvalue weighted by Gasteiger charge is 2.29. The molecule has 96 valence electrons. The van der Waals surface area contributed by atoms with Crippen molar-refractivity contribution >= 4 is 0 Å². The fourth-order valence-electron chi connectivity index (χ4n) is 2.64. The van der Waals surface area contributed by atoms with Crippen LogP contribution in [0.5, 0.6) is 5.75 Å². The molecule has 0 amide bonds. The third-order valence-corrected chi connectivity index (χ3v) is 3.57. The Morgan fingerprint density at radius 1 is 1.53 bits per heavy atom. The van der Waals surface area contributed by atoms with Gasteiger partial charge in [0.25, 0.3) is 0 Å². The largest absolute Gasteiger partial charge is 0.493 e. The number of nitrogens with zero attached hydrogens (tertiary/aromatic N) is 2. The molecule has 17 heavy (non-hydrogen) atoms. The molecule has 1 aromatic rings. The number of rotatable bonds is 3. The lowest BCUT2D eigenvalue weighted by Crippen LogP contribution is -2.35. The standard InChI is InChI=1S/C13H23N3O/c1-9(2)16-13(11(17-4)8-15-16)12-10(3)6-5-7-14-12/h8-10,12,14H,5-7H2,1-4H3. The zero-order chi connectivity index (χ0) is 12.4. The molecule has 2 heterocycles. The van der Waals surface area contributed by atoms with E-state index in [1.54, 1.807) is 7.11 Å². The molecule has 2 atom stereocenters. The highest BCUT2D eigenvalue weighted by Crippen LogP contribution is 2.35. The predicted molar refractivity (Wildman–Crippen MR) is 68.3 cm³/mol. The van der Waals surface area contributed by atoms with E-state index in [0.29, 0.717) is 18.0 Å². The molecule has 1 N–H and O–H groups in total. The summed E-state index contributed by atoms with van der Waals surface area (Å²) in [6, 6.07) is 0.730. The van der Waals surface area contributed by atoms with E-state index in [4.69, 9.17) is 4.74 Å². The summed E-state index contributed by atoms with van der Waals surface area (Å²) in [5, 5.41) is 8.05. The summed E-state index contributed by atoms with van der Waals surface area (Å²) in [5.74, 6) is 1.54. The first-order chi connectivity index (χ1) is 8.15. The summed E-state index contributed by atoms with van der Waals surface area (Å²) in [6.07, 6.45) is 4.36. The minimum atomic E-state index is 0.364. The number of hydrogen-bond donors (Lipinski definition) is 1. The summed E-state index contributed by atoms with van der Waals surface area (Å²) in [6.45, 7) is 7.70. The van der Waals surface area contributed by atoms with Gasteiger partial charge in [-0.1, -0.05) is 6.92 Å². The van der Waals surface area contributed by atoms with Crippen molar-refractivity contribution in [1.29, 1.82) is 0 Å². The molecule has 0 bridgehead atoms. The Morgan fingerprint density at radius 3 is 2.88 bits per heavy atom. The average Bonchev–Trinajstić information content (AvgIpc) is 2.73. The Balaban J connectivity index is 2.37. The molecule has 0 saturated carbocycles. The molecular formula is C13H23N3O. The Hall–Kier alpha value is -1.03. The van der Waals surface area contributed by atoms with Crippen LogP contribution in [0.1, 0.15) is 51.4 Å². The molecule has 2 unspecified atom stereocenters. The fourth-order valence-corrected chi connectivity index (χ4v) is 2.64. The molecular weight excluding hydrogens is 214 g/mol. The lowest BCUT2D eigenvalue weighted by Gasteiger charge is -2.31. The summed E-state index contributed by atoms with van der Waals surface area (Å²) in [5.41, 5.74) is 1.20. The number of hydrogen-bond acceptors (Lipinski definition) is 3. The van der Waals surface area contributed by atoms with Crippen LogP contribution in [0.3, 0.4) is 0 Å². The highest BCUT2D eigenvalue weighted by molar-refractivity contribution is 5.29. The van der Waals surface area contributed by atoms with Gasteiger partial charge in [0.15, 0.2) is 5.75 Å². The van der Waals surface area contributed by atoms with E-state index >= 15 is 0 Å². The molecule has 1 fully saturated rings. The van der Waals surface area contributed by atoms with Crippen LogP contribution >= 0.6 is 0 Å². The van der Waals surface area contributed by atoms with Gasteiger partial charge in [-0.15, -0.1) is 0 Å². The smallest absolute Gasteiger partial charge is 0.161 e. The van der Waals surface area contributed by atoms with Crippen LogP contribution < -0.4 is 10.1 Å². The Bertz CT molecular complexity index is 373. The SMILES string of the molecule is COc1cnn(C(C)C)c1C1NCCCC1C. The van der Waals surface area contributed by atoms with E-state index in [1.165, 1.54) is 18.5 Å². The molecule has 1 aromatic heterocycles. The second-order valence-corrected chi connectivity index (χ2v) is 5.19. The van der Waals surface area contributed by atoms with E-state index in [1.807, 2.05) is 6.20 Å². The summed E-state index contributed by atoms with van der Waals surface area (Å²) in [7, 11) is 1.72. The summed E-state index contributed by atoms with van der Waals surface area (Å²) in [4.78, 5) is 0. The number of nitrogens with one attached hydrogen (secondary N) is 1. The number of methoxy groups -OCH3 is 1. The first-order valence-electron chi connectivity index (χ1n) is 6.50. The van der Waals surface area contributed by atoms with Crippen molar-refractivity contribution in [1.82, 2.24) is 15.1 Å². The van der Waals surface area contributed by atoms with Crippen LogP contribution in [0.2, 0.25) is 0 Å². The maximum Gasteiger partial charge on any atom is 0.161 e. The molecule has 4 heteroatoms. The monoisotopic (exact) mass is 237 g/mol. The minimum absolute atomic E-state index is 0.364. The van der Waals surface area contributed by atoms with Gasteiger partial charge in [-0.05, 0) is 39.2 Å². The van der Waals surface area contributed by atoms with Crippen molar-refractivity contribution in [3.8, 4) is 5.75 Å². The van der Waals surface area contributed by atoms with Gasteiger partial charge in [0, 0.05) is 6.04 Å². The first kappa shape index (κ1) is 12.4. The van der Waals surface area contributed by atoms with Crippen molar-refractivity contribution in [3.05, 3.63) is 11.9 Å².